The number of aromatic nitrogens is 1. The van der Waals surface area contributed by atoms with Crippen LogP contribution >= 0.6 is 11.3 Å². The van der Waals surface area contributed by atoms with Crippen LogP contribution in [0.25, 0.3) is 0 Å². The molecule has 1 heterocycles. The second-order valence-electron chi connectivity index (χ2n) is 4.71. The van der Waals surface area contributed by atoms with E-state index in [-0.39, 0.29) is 23.6 Å². The van der Waals surface area contributed by atoms with Gasteiger partial charge >= 0.3 is 0 Å². The van der Waals surface area contributed by atoms with Crippen molar-refractivity contribution < 1.29 is 22.7 Å². The van der Waals surface area contributed by atoms with E-state index in [0.29, 0.717) is 10.9 Å². The van der Waals surface area contributed by atoms with E-state index in [1.165, 1.54) is 42.7 Å². The van der Waals surface area contributed by atoms with E-state index in [9.17, 15) is 18.0 Å². The van der Waals surface area contributed by atoms with Gasteiger partial charge in [-0.2, -0.15) is 0 Å². The molecule has 0 aliphatic rings. The van der Waals surface area contributed by atoms with Gasteiger partial charge in [-0.3, -0.25) is 15.0 Å². The molecular weight excluding hydrogens is 368 g/mol. The van der Waals surface area contributed by atoms with E-state index in [0.717, 1.165) is 0 Å². The van der Waals surface area contributed by atoms with Crippen molar-refractivity contribution in [3.63, 3.8) is 0 Å². The quantitative estimate of drug-likeness (QED) is 0.580. The van der Waals surface area contributed by atoms with Gasteiger partial charge in [-0.15, -0.1) is 16.2 Å². The number of hydrogen-bond acceptors (Lipinski definition) is 7. The van der Waals surface area contributed by atoms with E-state index in [4.69, 9.17) is 4.74 Å². The lowest BCUT2D eigenvalue weighted by Crippen LogP contribution is -2.41. The first-order chi connectivity index (χ1) is 11.9. The van der Waals surface area contributed by atoms with E-state index >= 15 is 0 Å². The molecule has 0 bridgehead atoms. The van der Waals surface area contributed by atoms with Gasteiger partial charge in [0, 0.05) is 24.4 Å². The van der Waals surface area contributed by atoms with Crippen molar-refractivity contribution in [1.82, 2.24) is 15.2 Å². The highest BCUT2D eigenvalue weighted by atomic mass is 32.2. The Morgan fingerprint density at radius 3 is 2.44 bits per heavy atom. The van der Waals surface area contributed by atoms with Crippen molar-refractivity contribution in [2.24, 2.45) is 0 Å². The summed E-state index contributed by atoms with van der Waals surface area (Å²) in [6, 6.07) is 5.66. The van der Waals surface area contributed by atoms with Crippen LogP contribution in [0.15, 0.2) is 40.7 Å². The lowest BCUT2D eigenvalue weighted by Gasteiger charge is -2.09. The molecule has 0 aliphatic heterocycles. The molecule has 0 aliphatic carbocycles. The molecule has 0 saturated heterocycles. The zero-order chi connectivity index (χ0) is 18.3. The minimum atomic E-state index is -3.91. The zero-order valence-corrected chi connectivity index (χ0v) is 14.8. The molecule has 2 aromatic rings. The third-order valence-electron chi connectivity index (χ3n) is 2.95. The monoisotopic (exact) mass is 384 g/mol. The number of nitrogens with zero attached hydrogens (tertiary/aromatic N) is 1. The number of carbonyl (C=O) groups is 2. The number of carbonyl (C=O) groups excluding carboxylic acids is 2. The van der Waals surface area contributed by atoms with Crippen LogP contribution in [0.2, 0.25) is 0 Å². The van der Waals surface area contributed by atoms with Gasteiger partial charge in [0.2, 0.25) is 11.8 Å². The van der Waals surface area contributed by atoms with Gasteiger partial charge in [-0.1, -0.05) is 0 Å². The van der Waals surface area contributed by atoms with Crippen molar-refractivity contribution >= 4 is 38.3 Å². The number of amides is 2. The summed E-state index contributed by atoms with van der Waals surface area (Å²) in [7, 11) is -2.44. The van der Waals surface area contributed by atoms with Crippen LogP contribution in [0.1, 0.15) is 12.8 Å². The van der Waals surface area contributed by atoms with Crippen molar-refractivity contribution in [2.75, 3.05) is 12.4 Å². The number of benzene rings is 1. The first kappa shape index (κ1) is 18.8. The average molecular weight is 384 g/mol. The van der Waals surface area contributed by atoms with Crippen LogP contribution < -0.4 is 20.3 Å². The molecule has 1 aromatic heterocycles. The number of rotatable bonds is 8. The summed E-state index contributed by atoms with van der Waals surface area (Å²) < 4.78 is 29.0. The maximum absolute atomic E-state index is 12.0. The van der Waals surface area contributed by atoms with Crippen molar-refractivity contribution in [3.05, 3.63) is 35.8 Å². The minimum Gasteiger partial charge on any atom is -0.497 e. The van der Waals surface area contributed by atoms with E-state index in [2.05, 4.69) is 15.7 Å². The second kappa shape index (κ2) is 8.55. The Morgan fingerprint density at radius 1 is 1.16 bits per heavy atom. The molecule has 11 heteroatoms. The predicted octanol–water partition coefficient (Wildman–Crippen LogP) is 0.880. The van der Waals surface area contributed by atoms with Gasteiger partial charge in [0.05, 0.1) is 12.0 Å². The maximum Gasteiger partial charge on any atom is 0.257 e. The van der Waals surface area contributed by atoms with Gasteiger partial charge in [0.25, 0.3) is 10.0 Å². The summed E-state index contributed by atoms with van der Waals surface area (Å²) in [5.41, 5.74) is 2.06. The summed E-state index contributed by atoms with van der Waals surface area (Å²) in [6.45, 7) is 0. The van der Waals surface area contributed by atoms with Crippen LogP contribution in [-0.2, 0) is 19.6 Å². The maximum atomic E-state index is 12.0. The summed E-state index contributed by atoms with van der Waals surface area (Å²) in [5, 5.41) is 4.66. The zero-order valence-electron chi connectivity index (χ0n) is 13.2. The minimum absolute atomic E-state index is 0.0323. The number of anilines is 1. The Hall–Kier alpha value is -2.50. The number of methoxy groups -OCH3 is 1. The Bertz CT molecular complexity index is 819. The highest BCUT2D eigenvalue weighted by Crippen LogP contribution is 2.15. The molecule has 25 heavy (non-hydrogen) atoms. The van der Waals surface area contributed by atoms with Crippen molar-refractivity contribution in [1.29, 1.82) is 0 Å². The van der Waals surface area contributed by atoms with Gasteiger partial charge in [0.1, 0.15) is 5.75 Å². The number of sulfonamides is 1. The molecule has 0 fully saturated rings. The largest absolute Gasteiger partial charge is 0.497 e. The number of hydrazine groups is 1. The molecule has 134 valence electrons. The van der Waals surface area contributed by atoms with Crippen LogP contribution in [0.5, 0.6) is 5.75 Å². The van der Waals surface area contributed by atoms with Crippen LogP contribution in [0.3, 0.4) is 0 Å². The summed E-state index contributed by atoms with van der Waals surface area (Å²) >= 11 is 1.26. The molecule has 9 nitrogen and oxygen atoms in total. The first-order valence-electron chi connectivity index (χ1n) is 7.05. The summed E-state index contributed by atoms with van der Waals surface area (Å²) in [5.74, 6) is -0.510. The Kier molecular flexibility index (Phi) is 6.44. The van der Waals surface area contributed by atoms with E-state index < -0.39 is 15.9 Å². The SMILES string of the molecule is COc1ccc(S(=O)(=O)NNC(=O)CCC(=O)Nc2nccs2)cc1. The Labute approximate surface area is 148 Å². The molecule has 0 atom stereocenters. The first-order valence-corrected chi connectivity index (χ1v) is 9.41. The molecule has 0 spiro atoms. The summed E-state index contributed by atoms with van der Waals surface area (Å²) in [6.07, 6.45) is 1.26. The van der Waals surface area contributed by atoms with Crippen LogP contribution in [-0.4, -0.2) is 32.3 Å². The fraction of sp³-hybridized carbons (Fsp3) is 0.214. The smallest absolute Gasteiger partial charge is 0.257 e. The van der Waals surface area contributed by atoms with E-state index in [1.807, 2.05) is 4.83 Å². The topological polar surface area (TPSA) is 126 Å². The molecule has 1 aromatic carbocycles. The third kappa shape index (κ3) is 5.81. The van der Waals surface area contributed by atoms with E-state index in [1.54, 1.807) is 11.6 Å². The number of thiazole rings is 1. The molecule has 3 N–H and O–H groups in total. The molecular formula is C14H16N4O5S2. The summed E-state index contributed by atoms with van der Waals surface area (Å²) in [4.78, 5) is 29.1. The molecule has 2 rings (SSSR count). The van der Waals surface area contributed by atoms with Gasteiger partial charge in [-0.05, 0) is 24.3 Å². The molecule has 0 unspecified atom stereocenters. The van der Waals surface area contributed by atoms with Crippen molar-refractivity contribution in [3.8, 4) is 5.75 Å². The molecule has 0 saturated carbocycles. The standard InChI is InChI=1S/C14H16N4O5S2/c1-23-10-2-4-11(5-3-10)25(21,22)18-17-13(20)7-6-12(19)16-14-15-8-9-24-14/h2-5,8-9,18H,6-7H2,1H3,(H,17,20)(H,15,16,19). The lowest BCUT2D eigenvalue weighted by molar-refractivity contribution is -0.124. The highest BCUT2D eigenvalue weighted by molar-refractivity contribution is 7.89. The van der Waals surface area contributed by atoms with Gasteiger partial charge < -0.3 is 10.1 Å². The Morgan fingerprint density at radius 2 is 1.84 bits per heavy atom. The highest BCUT2D eigenvalue weighted by Gasteiger charge is 2.15. The van der Waals surface area contributed by atoms with Crippen LogP contribution in [0, 0.1) is 0 Å². The Balaban J connectivity index is 1.79. The lowest BCUT2D eigenvalue weighted by atomic mass is 10.3. The number of ether oxygens (including phenoxy) is 1. The third-order valence-corrected chi connectivity index (χ3v) is 4.90. The number of hydrogen-bond donors (Lipinski definition) is 3. The molecule has 0 radical (unpaired) electrons. The predicted molar refractivity (Wildman–Crippen MR) is 91.4 cm³/mol. The number of nitrogens with one attached hydrogen (secondary N) is 3. The normalized spacial score (nSPS) is 10.9. The average Bonchev–Trinajstić information content (AvgIpc) is 3.11. The van der Waals surface area contributed by atoms with Gasteiger partial charge in [-0.25, -0.2) is 13.4 Å². The fourth-order valence-corrected chi connectivity index (χ4v) is 3.10. The second-order valence-corrected chi connectivity index (χ2v) is 7.29. The van der Waals surface area contributed by atoms with Crippen LogP contribution in [0.4, 0.5) is 5.13 Å². The fourth-order valence-electron chi connectivity index (χ4n) is 1.69. The van der Waals surface area contributed by atoms with Crippen molar-refractivity contribution in [2.45, 2.75) is 17.7 Å². The van der Waals surface area contributed by atoms with Gasteiger partial charge in [0.15, 0.2) is 5.13 Å². The molecule has 2 amide bonds.